The normalized spacial score (nSPS) is 42.6. The summed E-state index contributed by atoms with van der Waals surface area (Å²) in [6, 6.07) is 0. The Balaban J connectivity index is 1.47. The molecule has 5 rings (SSSR count). The third-order valence-electron chi connectivity index (χ3n) is 9.17. The first-order valence-corrected chi connectivity index (χ1v) is 11.2. The zero-order valence-corrected chi connectivity index (χ0v) is 17.6. The molecule has 28 heavy (non-hydrogen) atoms. The van der Waals surface area contributed by atoms with Crippen molar-refractivity contribution in [1.29, 1.82) is 0 Å². The molecule has 1 unspecified atom stereocenters. The van der Waals surface area contributed by atoms with Gasteiger partial charge in [0.1, 0.15) is 6.10 Å². The minimum Gasteiger partial charge on any atom is -0.386 e. The van der Waals surface area contributed by atoms with E-state index in [2.05, 4.69) is 19.9 Å². The van der Waals surface area contributed by atoms with Crippen molar-refractivity contribution in [3.8, 4) is 0 Å². The van der Waals surface area contributed by atoms with E-state index in [0.717, 1.165) is 58.2 Å². The first-order chi connectivity index (χ1) is 13.3. The van der Waals surface area contributed by atoms with E-state index in [0.29, 0.717) is 11.8 Å². The second kappa shape index (κ2) is 6.26. The summed E-state index contributed by atoms with van der Waals surface area (Å²) < 4.78 is 12.0. The van der Waals surface area contributed by atoms with Gasteiger partial charge in [0.25, 0.3) is 0 Å². The van der Waals surface area contributed by atoms with Crippen molar-refractivity contribution < 1.29 is 19.4 Å². The topological polar surface area (TPSA) is 55.8 Å². The summed E-state index contributed by atoms with van der Waals surface area (Å²) in [4.78, 5) is 13.0. The highest BCUT2D eigenvalue weighted by molar-refractivity contribution is 5.89. The third-order valence-corrected chi connectivity index (χ3v) is 9.17. The third kappa shape index (κ3) is 2.44. The summed E-state index contributed by atoms with van der Waals surface area (Å²) in [6.45, 7) is 7.53. The average Bonchev–Trinajstić information content (AvgIpc) is 3.23. The Bertz CT molecular complexity index is 757. The van der Waals surface area contributed by atoms with Gasteiger partial charge in [-0.2, -0.15) is 0 Å². The van der Waals surface area contributed by atoms with Crippen molar-refractivity contribution >= 4 is 5.78 Å². The van der Waals surface area contributed by atoms with Crippen molar-refractivity contribution in [2.24, 2.45) is 22.7 Å². The predicted molar refractivity (Wildman–Crippen MR) is 107 cm³/mol. The molecule has 0 aromatic carbocycles. The minimum atomic E-state index is -0.868. The quantitative estimate of drug-likeness (QED) is 0.768. The number of Topliss-reactive ketones (excluding diaryl/α,β-unsaturated/α-hetero) is 1. The van der Waals surface area contributed by atoms with Crippen LogP contribution in [0.25, 0.3) is 0 Å². The van der Waals surface area contributed by atoms with Crippen LogP contribution in [0.2, 0.25) is 0 Å². The Hall–Kier alpha value is -0.970. The standard InChI is InChI=1S/C24H34O4/c1-15(25)21(26)23(3)10-8-20-19-5-4-16-14-24(27-12-13-28-24)11-7-17(16)18(19)6-9-22(20,23)2/h6,15,19-20,25H,4-5,7-14H2,1-3H3/t15?,19-,20+,22+,23-/m1/s1. The molecular formula is C24H34O4. The van der Waals surface area contributed by atoms with Crippen LogP contribution >= 0.6 is 0 Å². The predicted octanol–water partition coefficient (Wildman–Crippen LogP) is 4.32. The van der Waals surface area contributed by atoms with Crippen LogP contribution in [0.5, 0.6) is 0 Å². The van der Waals surface area contributed by atoms with Crippen molar-refractivity contribution in [3.63, 3.8) is 0 Å². The van der Waals surface area contributed by atoms with Gasteiger partial charge in [-0.05, 0) is 73.8 Å². The average molecular weight is 387 g/mol. The number of allylic oxidation sites excluding steroid dienone is 3. The molecule has 0 aromatic heterocycles. The highest BCUT2D eigenvalue weighted by atomic mass is 16.7. The van der Waals surface area contributed by atoms with Gasteiger partial charge in [0.05, 0.1) is 13.2 Å². The molecule has 1 N–H and O–H groups in total. The van der Waals surface area contributed by atoms with E-state index in [1.807, 2.05) is 0 Å². The van der Waals surface area contributed by atoms with Gasteiger partial charge in [0.2, 0.25) is 0 Å². The number of aliphatic hydroxyl groups excluding tert-OH is 1. The fourth-order valence-electron chi connectivity index (χ4n) is 7.41. The molecule has 1 saturated heterocycles. The van der Waals surface area contributed by atoms with E-state index in [4.69, 9.17) is 9.47 Å². The molecule has 1 saturated carbocycles. The summed E-state index contributed by atoms with van der Waals surface area (Å²) in [5.41, 5.74) is 4.26. The Morgan fingerprint density at radius 1 is 1.18 bits per heavy atom. The molecular weight excluding hydrogens is 352 g/mol. The first kappa shape index (κ1) is 19.0. The van der Waals surface area contributed by atoms with Crippen molar-refractivity contribution in [2.75, 3.05) is 13.2 Å². The van der Waals surface area contributed by atoms with E-state index >= 15 is 0 Å². The Labute approximate surface area is 168 Å². The van der Waals surface area contributed by atoms with E-state index < -0.39 is 11.5 Å². The summed E-state index contributed by atoms with van der Waals surface area (Å²) in [6.07, 6.45) is 9.84. The molecule has 2 fully saturated rings. The monoisotopic (exact) mass is 386 g/mol. The summed E-state index contributed by atoms with van der Waals surface area (Å²) in [7, 11) is 0. The number of carbonyl (C=O) groups excluding carboxylic acids is 1. The van der Waals surface area contributed by atoms with E-state index in [1.54, 1.807) is 23.6 Å². The lowest BCUT2D eigenvalue weighted by atomic mass is 9.52. The van der Waals surface area contributed by atoms with E-state index in [-0.39, 0.29) is 17.0 Å². The summed E-state index contributed by atoms with van der Waals surface area (Å²) >= 11 is 0. The van der Waals surface area contributed by atoms with Crippen molar-refractivity contribution in [2.45, 2.75) is 84.0 Å². The molecule has 5 atom stereocenters. The molecule has 4 nitrogen and oxygen atoms in total. The van der Waals surface area contributed by atoms with Crippen LogP contribution in [0.15, 0.2) is 22.8 Å². The van der Waals surface area contributed by atoms with Crippen molar-refractivity contribution in [3.05, 3.63) is 22.8 Å². The zero-order valence-electron chi connectivity index (χ0n) is 17.6. The molecule has 154 valence electrons. The molecule has 1 spiro atoms. The van der Waals surface area contributed by atoms with Crippen LogP contribution in [-0.2, 0) is 14.3 Å². The van der Waals surface area contributed by atoms with Gasteiger partial charge < -0.3 is 14.6 Å². The van der Waals surface area contributed by atoms with Crippen LogP contribution in [0, 0.1) is 22.7 Å². The largest absolute Gasteiger partial charge is 0.386 e. The van der Waals surface area contributed by atoms with E-state index in [1.165, 1.54) is 6.42 Å². The second-order valence-corrected chi connectivity index (χ2v) is 10.3. The lowest BCUT2D eigenvalue weighted by Gasteiger charge is -2.51. The molecule has 4 heteroatoms. The molecule has 4 aliphatic carbocycles. The number of hydrogen-bond donors (Lipinski definition) is 1. The summed E-state index contributed by atoms with van der Waals surface area (Å²) in [5, 5.41) is 10.0. The number of rotatable bonds is 2. The second-order valence-electron chi connectivity index (χ2n) is 10.3. The minimum absolute atomic E-state index is 0.0408. The Kier molecular flexibility index (Phi) is 4.25. The van der Waals surface area contributed by atoms with Gasteiger partial charge in [0.15, 0.2) is 11.6 Å². The van der Waals surface area contributed by atoms with Crippen LogP contribution < -0.4 is 0 Å². The van der Waals surface area contributed by atoms with Crippen LogP contribution in [0.4, 0.5) is 0 Å². The van der Waals surface area contributed by atoms with Gasteiger partial charge >= 0.3 is 0 Å². The fraction of sp³-hybridized carbons (Fsp3) is 0.792. The lowest BCUT2D eigenvalue weighted by Crippen LogP contribution is -2.49. The molecule has 0 radical (unpaired) electrons. The fourth-order valence-corrected chi connectivity index (χ4v) is 7.41. The highest BCUT2D eigenvalue weighted by Gasteiger charge is 2.61. The van der Waals surface area contributed by atoms with Gasteiger partial charge in [-0.1, -0.05) is 25.5 Å². The molecule has 1 heterocycles. The number of carbonyl (C=O) groups is 1. The van der Waals surface area contributed by atoms with Crippen LogP contribution in [-0.4, -0.2) is 36.0 Å². The molecule has 5 aliphatic rings. The number of fused-ring (bicyclic) bond motifs is 4. The zero-order chi connectivity index (χ0) is 19.7. The number of aliphatic hydroxyl groups is 1. The van der Waals surface area contributed by atoms with Gasteiger partial charge in [-0.15, -0.1) is 0 Å². The van der Waals surface area contributed by atoms with Crippen LogP contribution in [0.3, 0.4) is 0 Å². The molecule has 0 bridgehead atoms. The number of hydrogen-bond acceptors (Lipinski definition) is 4. The highest BCUT2D eigenvalue weighted by Crippen LogP contribution is 2.66. The van der Waals surface area contributed by atoms with Crippen molar-refractivity contribution in [1.82, 2.24) is 0 Å². The maximum Gasteiger partial charge on any atom is 0.172 e. The number of ether oxygens (including phenoxy) is 2. The molecule has 0 aromatic rings. The molecule has 1 aliphatic heterocycles. The first-order valence-electron chi connectivity index (χ1n) is 11.2. The molecule has 0 amide bonds. The van der Waals surface area contributed by atoms with Gasteiger partial charge in [-0.3, -0.25) is 4.79 Å². The smallest absolute Gasteiger partial charge is 0.172 e. The maximum absolute atomic E-state index is 13.0. The number of ketones is 1. The lowest BCUT2D eigenvalue weighted by molar-refractivity contribution is -0.164. The van der Waals surface area contributed by atoms with E-state index in [9.17, 15) is 9.90 Å². The maximum atomic E-state index is 13.0. The van der Waals surface area contributed by atoms with Gasteiger partial charge in [-0.25, -0.2) is 0 Å². The Morgan fingerprint density at radius 3 is 2.64 bits per heavy atom. The Morgan fingerprint density at radius 2 is 1.93 bits per heavy atom. The summed E-state index contributed by atoms with van der Waals surface area (Å²) in [5.74, 6) is 0.815. The van der Waals surface area contributed by atoms with Crippen LogP contribution in [0.1, 0.15) is 72.1 Å². The van der Waals surface area contributed by atoms with Gasteiger partial charge in [0, 0.05) is 18.3 Å². The SMILES string of the molecule is CC(O)C(=O)[C@@]1(C)CC[C@H]2[C@@H]3CCC4=C(CCC5(C4)OCCO5)C3=CC[C@@]21C.